The highest BCUT2D eigenvalue weighted by molar-refractivity contribution is 5.62. The van der Waals surface area contributed by atoms with E-state index in [0.717, 1.165) is 22.8 Å². The Balaban J connectivity index is 2.38. The average Bonchev–Trinajstić information content (AvgIpc) is 2.44. The van der Waals surface area contributed by atoms with Crippen LogP contribution in [-0.2, 0) is 11.3 Å². The van der Waals surface area contributed by atoms with Crippen LogP contribution < -0.4 is 5.32 Å². The number of pyridine rings is 1. The van der Waals surface area contributed by atoms with Crippen molar-refractivity contribution >= 4 is 5.82 Å². The van der Waals surface area contributed by atoms with Gasteiger partial charge in [-0.25, -0.2) is 9.97 Å². The van der Waals surface area contributed by atoms with Gasteiger partial charge in [0.1, 0.15) is 12.4 Å². The van der Waals surface area contributed by atoms with Gasteiger partial charge >= 0.3 is 0 Å². The van der Waals surface area contributed by atoms with Crippen molar-refractivity contribution in [3.63, 3.8) is 0 Å². The lowest BCUT2D eigenvalue weighted by atomic mass is 10.1. The fraction of sp³-hybridized carbons (Fsp3) is 0.357. The topological polar surface area (TPSA) is 59.9 Å². The number of nitrogens with zero attached hydrogens (tertiary/aromatic N) is 3. The molecule has 0 fully saturated rings. The number of hydrogen-bond donors (Lipinski definition) is 1. The molecule has 0 unspecified atom stereocenters. The van der Waals surface area contributed by atoms with E-state index in [1.54, 1.807) is 6.20 Å². The first-order chi connectivity index (χ1) is 9.22. The molecule has 19 heavy (non-hydrogen) atoms. The number of nitrogens with one attached hydrogen (secondary N) is 1. The molecule has 0 aliphatic carbocycles. The van der Waals surface area contributed by atoms with Crippen LogP contribution in [0.5, 0.6) is 0 Å². The first-order valence-corrected chi connectivity index (χ1v) is 6.29. The number of aryl methyl sites for hydroxylation is 1. The molecule has 0 atom stereocenters. The number of hydrogen-bond acceptors (Lipinski definition) is 5. The molecular weight excluding hydrogens is 240 g/mol. The first kappa shape index (κ1) is 13.4. The third kappa shape index (κ3) is 3.48. The van der Waals surface area contributed by atoms with E-state index in [9.17, 15) is 0 Å². The summed E-state index contributed by atoms with van der Waals surface area (Å²) < 4.78 is 5.37. The maximum absolute atomic E-state index is 5.37. The zero-order valence-corrected chi connectivity index (χ0v) is 11.5. The summed E-state index contributed by atoms with van der Waals surface area (Å²) in [6.45, 7) is 4.99. The Kier molecular flexibility index (Phi) is 4.41. The largest absolute Gasteiger partial charge is 0.374 e. The van der Waals surface area contributed by atoms with Gasteiger partial charge in [-0.05, 0) is 26.0 Å². The van der Waals surface area contributed by atoms with E-state index >= 15 is 0 Å². The molecule has 0 amide bonds. The summed E-state index contributed by atoms with van der Waals surface area (Å²) in [4.78, 5) is 13.1. The van der Waals surface area contributed by atoms with Crippen molar-refractivity contribution < 1.29 is 4.74 Å². The van der Waals surface area contributed by atoms with Crippen LogP contribution in [-0.4, -0.2) is 28.6 Å². The van der Waals surface area contributed by atoms with Crippen molar-refractivity contribution in [2.24, 2.45) is 0 Å². The van der Waals surface area contributed by atoms with Crippen molar-refractivity contribution in [1.82, 2.24) is 15.0 Å². The number of ether oxygens (including phenoxy) is 1. The van der Waals surface area contributed by atoms with Crippen LogP contribution in [0.4, 0.5) is 5.82 Å². The van der Waals surface area contributed by atoms with Gasteiger partial charge in [0.05, 0.1) is 5.69 Å². The Hall–Kier alpha value is -2.01. The minimum Gasteiger partial charge on any atom is -0.374 e. The quantitative estimate of drug-likeness (QED) is 0.892. The van der Waals surface area contributed by atoms with Gasteiger partial charge < -0.3 is 10.1 Å². The van der Waals surface area contributed by atoms with Crippen molar-refractivity contribution in [1.29, 1.82) is 0 Å². The van der Waals surface area contributed by atoms with E-state index in [1.165, 1.54) is 0 Å². The lowest BCUT2D eigenvalue weighted by molar-refractivity contribution is 0.128. The molecule has 0 aliphatic heterocycles. The molecule has 5 heteroatoms. The Morgan fingerprint density at radius 2 is 2.11 bits per heavy atom. The maximum atomic E-state index is 5.37. The van der Waals surface area contributed by atoms with E-state index in [1.807, 2.05) is 39.1 Å². The summed E-state index contributed by atoms with van der Waals surface area (Å²) in [5, 5.41) is 3.05. The highest BCUT2D eigenvalue weighted by atomic mass is 16.5. The fourth-order valence-corrected chi connectivity index (χ4v) is 1.74. The normalized spacial score (nSPS) is 10.5. The van der Waals surface area contributed by atoms with Gasteiger partial charge in [-0.2, -0.15) is 0 Å². The van der Waals surface area contributed by atoms with Gasteiger partial charge in [-0.15, -0.1) is 0 Å². The summed E-state index contributed by atoms with van der Waals surface area (Å²) in [5.74, 6) is 1.47. The van der Waals surface area contributed by atoms with Crippen LogP contribution in [0.2, 0.25) is 0 Å². The molecule has 2 rings (SSSR count). The molecule has 0 spiro atoms. The summed E-state index contributed by atoms with van der Waals surface area (Å²) in [7, 11) is 1.84. The highest BCUT2D eigenvalue weighted by Gasteiger charge is 2.06. The fourth-order valence-electron chi connectivity index (χ4n) is 1.74. The number of anilines is 1. The summed E-state index contributed by atoms with van der Waals surface area (Å²) in [5.41, 5.74) is 2.87. The number of aromatic nitrogens is 3. The predicted octanol–water partition coefficient (Wildman–Crippen LogP) is 2.43. The Bertz CT molecular complexity index is 557. The van der Waals surface area contributed by atoms with Crippen LogP contribution in [0.1, 0.15) is 18.4 Å². The minimum atomic E-state index is 0.420. The van der Waals surface area contributed by atoms with E-state index in [2.05, 4.69) is 20.3 Å². The van der Waals surface area contributed by atoms with E-state index < -0.39 is 0 Å². The standard InChI is InChI=1S/C14H18N4O/c1-4-19-9-14-17-12(8-13(15-3)18-14)11-5-6-16-10(2)7-11/h5-8H,4,9H2,1-3H3,(H,15,17,18). The van der Waals surface area contributed by atoms with Crippen molar-refractivity contribution in [2.75, 3.05) is 19.0 Å². The molecule has 2 heterocycles. The zero-order valence-electron chi connectivity index (χ0n) is 11.5. The zero-order chi connectivity index (χ0) is 13.7. The molecule has 0 bridgehead atoms. The monoisotopic (exact) mass is 258 g/mol. The first-order valence-electron chi connectivity index (χ1n) is 6.29. The Morgan fingerprint density at radius 1 is 1.26 bits per heavy atom. The molecule has 2 aromatic rings. The predicted molar refractivity (Wildman–Crippen MR) is 74.9 cm³/mol. The molecule has 1 N–H and O–H groups in total. The van der Waals surface area contributed by atoms with Crippen molar-refractivity contribution in [3.8, 4) is 11.3 Å². The van der Waals surface area contributed by atoms with E-state index in [-0.39, 0.29) is 0 Å². The molecule has 0 aromatic carbocycles. The highest BCUT2D eigenvalue weighted by Crippen LogP contribution is 2.20. The third-order valence-corrected chi connectivity index (χ3v) is 2.66. The SMILES string of the molecule is CCOCc1nc(NC)cc(-c2ccnc(C)c2)n1. The molecular formula is C14H18N4O. The summed E-state index contributed by atoms with van der Waals surface area (Å²) in [6.07, 6.45) is 1.79. The third-order valence-electron chi connectivity index (χ3n) is 2.66. The van der Waals surface area contributed by atoms with Crippen LogP contribution in [0.15, 0.2) is 24.4 Å². The summed E-state index contributed by atoms with van der Waals surface area (Å²) in [6, 6.07) is 5.87. The smallest absolute Gasteiger partial charge is 0.157 e. The number of rotatable bonds is 5. The molecule has 2 aromatic heterocycles. The molecule has 0 aliphatic rings. The maximum Gasteiger partial charge on any atom is 0.157 e. The Morgan fingerprint density at radius 3 is 2.79 bits per heavy atom. The Labute approximate surface area is 113 Å². The summed E-state index contributed by atoms with van der Waals surface area (Å²) >= 11 is 0. The molecule has 0 saturated carbocycles. The van der Waals surface area contributed by atoms with Crippen LogP contribution in [0, 0.1) is 6.92 Å². The van der Waals surface area contributed by atoms with E-state index in [0.29, 0.717) is 19.0 Å². The second-order valence-electron chi connectivity index (χ2n) is 4.13. The van der Waals surface area contributed by atoms with Gasteiger partial charge in [0.2, 0.25) is 0 Å². The molecule has 5 nitrogen and oxygen atoms in total. The van der Waals surface area contributed by atoms with Crippen LogP contribution >= 0.6 is 0 Å². The molecule has 0 saturated heterocycles. The minimum absolute atomic E-state index is 0.420. The van der Waals surface area contributed by atoms with Gasteiger partial charge in [0, 0.05) is 37.2 Å². The molecule has 0 radical (unpaired) electrons. The molecule has 100 valence electrons. The van der Waals surface area contributed by atoms with Gasteiger partial charge in [-0.1, -0.05) is 0 Å². The van der Waals surface area contributed by atoms with E-state index in [4.69, 9.17) is 4.74 Å². The lowest BCUT2D eigenvalue weighted by Crippen LogP contribution is -2.04. The average molecular weight is 258 g/mol. The van der Waals surface area contributed by atoms with Crippen LogP contribution in [0.3, 0.4) is 0 Å². The van der Waals surface area contributed by atoms with Crippen LogP contribution in [0.25, 0.3) is 11.3 Å². The van der Waals surface area contributed by atoms with Gasteiger partial charge in [0.25, 0.3) is 0 Å². The van der Waals surface area contributed by atoms with Gasteiger partial charge in [0.15, 0.2) is 5.82 Å². The lowest BCUT2D eigenvalue weighted by Gasteiger charge is -2.08. The second kappa shape index (κ2) is 6.24. The van der Waals surface area contributed by atoms with Gasteiger partial charge in [-0.3, -0.25) is 4.98 Å². The second-order valence-corrected chi connectivity index (χ2v) is 4.13. The van der Waals surface area contributed by atoms with Crippen molar-refractivity contribution in [2.45, 2.75) is 20.5 Å². The van der Waals surface area contributed by atoms with Crippen molar-refractivity contribution in [3.05, 3.63) is 35.9 Å².